The van der Waals surface area contributed by atoms with Gasteiger partial charge in [0.25, 0.3) is 0 Å². The standard InChI is InChI=1S/C15H20N2/c1-3-4-5-6-7-8-13(2)17-15-11-9-14(16)10-12-15/h1,9-12,17H,2,4-8,16H2. The van der Waals surface area contributed by atoms with E-state index in [4.69, 9.17) is 12.2 Å². The van der Waals surface area contributed by atoms with Crippen molar-refractivity contribution in [2.45, 2.75) is 32.1 Å². The Labute approximate surface area is 104 Å². The molecule has 3 N–H and O–H groups in total. The Morgan fingerprint density at radius 1 is 1.24 bits per heavy atom. The number of nitrogens with one attached hydrogen (secondary N) is 1. The molecule has 1 aromatic rings. The van der Waals surface area contributed by atoms with Gasteiger partial charge in [-0.2, -0.15) is 0 Å². The molecule has 1 aromatic carbocycles. The van der Waals surface area contributed by atoms with E-state index in [9.17, 15) is 0 Å². The predicted octanol–water partition coefficient (Wildman–Crippen LogP) is 3.78. The van der Waals surface area contributed by atoms with Crippen molar-refractivity contribution in [2.75, 3.05) is 11.1 Å². The summed E-state index contributed by atoms with van der Waals surface area (Å²) in [4.78, 5) is 0. The molecule has 0 bridgehead atoms. The highest BCUT2D eigenvalue weighted by molar-refractivity contribution is 5.53. The molecule has 0 unspecified atom stereocenters. The van der Waals surface area contributed by atoms with Crippen molar-refractivity contribution >= 4 is 11.4 Å². The van der Waals surface area contributed by atoms with Gasteiger partial charge in [0.15, 0.2) is 0 Å². The zero-order valence-electron chi connectivity index (χ0n) is 10.2. The van der Waals surface area contributed by atoms with Crippen LogP contribution in [0.2, 0.25) is 0 Å². The smallest absolute Gasteiger partial charge is 0.0383 e. The predicted molar refractivity (Wildman–Crippen MR) is 75.5 cm³/mol. The van der Waals surface area contributed by atoms with Gasteiger partial charge in [-0.3, -0.25) is 0 Å². The fraction of sp³-hybridized carbons (Fsp3) is 0.333. The fourth-order valence-corrected chi connectivity index (χ4v) is 1.58. The lowest BCUT2D eigenvalue weighted by molar-refractivity contribution is 0.691. The Kier molecular flexibility index (Phi) is 5.74. The Hall–Kier alpha value is -1.88. The van der Waals surface area contributed by atoms with Crippen LogP contribution < -0.4 is 11.1 Å². The molecule has 0 heterocycles. The molecular weight excluding hydrogens is 208 g/mol. The molecule has 17 heavy (non-hydrogen) atoms. The molecule has 0 saturated carbocycles. The Bertz CT molecular complexity index is 384. The van der Waals surface area contributed by atoms with E-state index in [0.717, 1.165) is 49.2 Å². The van der Waals surface area contributed by atoms with E-state index >= 15 is 0 Å². The maximum absolute atomic E-state index is 5.62. The summed E-state index contributed by atoms with van der Waals surface area (Å²) >= 11 is 0. The van der Waals surface area contributed by atoms with Crippen molar-refractivity contribution in [1.82, 2.24) is 0 Å². The van der Waals surface area contributed by atoms with Crippen molar-refractivity contribution in [3.05, 3.63) is 36.5 Å². The summed E-state index contributed by atoms with van der Waals surface area (Å²) in [6.07, 6.45) is 10.4. The van der Waals surface area contributed by atoms with Crippen LogP contribution in [0.5, 0.6) is 0 Å². The first-order valence-corrected chi connectivity index (χ1v) is 5.96. The molecule has 2 heteroatoms. The van der Waals surface area contributed by atoms with Crippen LogP contribution in [-0.4, -0.2) is 0 Å². The number of anilines is 2. The first-order chi connectivity index (χ1) is 8.22. The third-order valence-corrected chi connectivity index (χ3v) is 2.53. The molecule has 0 aromatic heterocycles. The van der Waals surface area contributed by atoms with E-state index in [2.05, 4.69) is 17.8 Å². The molecule has 0 aliphatic heterocycles. The van der Waals surface area contributed by atoms with Crippen LogP contribution >= 0.6 is 0 Å². The number of allylic oxidation sites excluding steroid dienone is 1. The summed E-state index contributed by atoms with van der Waals surface area (Å²) in [5.74, 6) is 2.65. The highest BCUT2D eigenvalue weighted by Crippen LogP contribution is 2.15. The third kappa shape index (κ3) is 5.67. The van der Waals surface area contributed by atoms with Gasteiger partial charge < -0.3 is 11.1 Å². The molecule has 0 radical (unpaired) electrons. The lowest BCUT2D eigenvalue weighted by Crippen LogP contribution is -1.98. The monoisotopic (exact) mass is 228 g/mol. The largest absolute Gasteiger partial charge is 0.399 e. The van der Waals surface area contributed by atoms with Gasteiger partial charge >= 0.3 is 0 Å². The SMILES string of the molecule is C#CCCCCCC(=C)Nc1ccc(N)cc1. The van der Waals surface area contributed by atoms with Crippen LogP contribution in [0.3, 0.4) is 0 Å². The van der Waals surface area contributed by atoms with Crippen LogP contribution in [0.15, 0.2) is 36.5 Å². The van der Waals surface area contributed by atoms with Crippen LogP contribution in [0.25, 0.3) is 0 Å². The number of hydrogen-bond donors (Lipinski definition) is 2. The topological polar surface area (TPSA) is 38.0 Å². The maximum atomic E-state index is 5.62. The average Bonchev–Trinajstić information content (AvgIpc) is 2.32. The summed E-state index contributed by atoms with van der Waals surface area (Å²) < 4.78 is 0. The molecule has 0 aliphatic rings. The Morgan fingerprint density at radius 3 is 2.59 bits per heavy atom. The molecule has 2 nitrogen and oxygen atoms in total. The van der Waals surface area contributed by atoms with Gasteiger partial charge in [-0.05, 0) is 43.5 Å². The van der Waals surface area contributed by atoms with Crippen molar-refractivity contribution in [3.63, 3.8) is 0 Å². The summed E-state index contributed by atoms with van der Waals surface area (Å²) in [5.41, 5.74) is 8.46. The lowest BCUT2D eigenvalue weighted by atomic mass is 10.1. The van der Waals surface area contributed by atoms with Gasteiger partial charge in [-0.15, -0.1) is 12.3 Å². The van der Waals surface area contributed by atoms with E-state index in [1.54, 1.807) is 0 Å². The minimum atomic E-state index is 0.774. The van der Waals surface area contributed by atoms with Gasteiger partial charge in [-0.25, -0.2) is 0 Å². The molecule has 0 amide bonds. The van der Waals surface area contributed by atoms with E-state index in [-0.39, 0.29) is 0 Å². The number of nitrogen functional groups attached to an aromatic ring is 1. The second-order valence-corrected chi connectivity index (χ2v) is 4.12. The molecule has 0 saturated heterocycles. The second-order valence-electron chi connectivity index (χ2n) is 4.12. The van der Waals surface area contributed by atoms with Crippen molar-refractivity contribution in [3.8, 4) is 12.3 Å². The fourth-order valence-electron chi connectivity index (χ4n) is 1.58. The maximum Gasteiger partial charge on any atom is 0.0383 e. The number of rotatable bonds is 7. The zero-order chi connectivity index (χ0) is 12.5. The zero-order valence-corrected chi connectivity index (χ0v) is 10.2. The molecule has 90 valence electrons. The average molecular weight is 228 g/mol. The number of nitrogens with two attached hydrogens (primary N) is 1. The van der Waals surface area contributed by atoms with Crippen molar-refractivity contribution in [1.29, 1.82) is 0 Å². The van der Waals surface area contributed by atoms with Gasteiger partial charge in [0.2, 0.25) is 0 Å². The van der Waals surface area contributed by atoms with Crippen molar-refractivity contribution < 1.29 is 0 Å². The molecule has 0 aliphatic carbocycles. The van der Waals surface area contributed by atoms with Crippen molar-refractivity contribution in [2.24, 2.45) is 0 Å². The van der Waals surface area contributed by atoms with E-state index < -0.39 is 0 Å². The third-order valence-electron chi connectivity index (χ3n) is 2.53. The number of benzene rings is 1. The van der Waals surface area contributed by atoms with Crippen LogP contribution in [-0.2, 0) is 0 Å². The van der Waals surface area contributed by atoms with Crippen LogP contribution in [0, 0.1) is 12.3 Å². The second kappa shape index (κ2) is 7.40. The Morgan fingerprint density at radius 2 is 1.94 bits per heavy atom. The first kappa shape index (κ1) is 13.2. The minimum Gasteiger partial charge on any atom is -0.399 e. The highest BCUT2D eigenvalue weighted by atomic mass is 14.9. The Balaban J connectivity index is 2.21. The number of terminal acetylenes is 1. The van der Waals surface area contributed by atoms with Gasteiger partial charge in [0.05, 0.1) is 0 Å². The molecule has 0 spiro atoms. The highest BCUT2D eigenvalue weighted by Gasteiger charge is 1.96. The van der Waals surface area contributed by atoms with Gasteiger partial charge in [0, 0.05) is 23.5 Å². The summed E-state index contributed by atoms with van der Waals surface area (Å²) in [7, 11) is 0. The van der Waals surface area contributed by atoms with Gasteiger partial charge in [0.1, 0.15) is 0 Å². The summed E-state index contributed by atoms with van der Waals surface area (Å²) in [6.45, 7) is 4.01. The van der Waals surface area contributed by atoms with E-state index in [0.29, 0.717) is 0 Å². The minimum absolute atomic E-state index is 0.774. The first-order valence-electron chi connectivity index (χ1n) is 5.96. The molecular formula is C15H20N2. The quantitative estimate of drug-likeness (QED) is 0.423. The molecule has 1 rings (SSSR count). The van der Waals surface area contributed by atoms with Crippen LogP contribution in [0.1, 0.15) is 32.1 Å². The number of hydrogen-bond acceptors (Lipinski definition) is 2. The van der Waals surface area contributed by atoms with Crippen LogP contribution in [0.4, 0.5) is 11.4 Å². The number of unbranched alkanes of at least 4 members (excludes halogenated alkanes) is 3. The summed E-state index contributed by atoms with van der Waals surface area (Å²) in [5, 5.41) is 3.27. The normalized spacial score (nSPS) is 9.59. The summed E-state index contributed by atoms with van der Waals surface area (Å²) in [6, 6.07) is 7.67. The van der Waals surface area contributed by atoms with E-state index in [1.807, 2.05) is 24.3 Å². The van der Waals surface area contributed by atoms with E-state index in [1.165, 1.54) is 0 Å². The lowest BCUT2D eigenvalue weighted by Gasteiger charge is -2.09. The molecule has 0 atom stereocenters. The van der Waals surface area contributed by atoms with Gasteiger partial charge in [-0.1, -0.05) is 13.0 Å². The molecule has 0 fully saturated rings.